The average molecular weight is 265 g/mol. The van der Waals surface area contributed by atoms with E-state index in [-0.39, 0.29) is 18.5 Å². The second-order valence-electron chi connectivity index (χ2n) is 3.81. The molecule has 5 nitrogen and oxygen atoms in total. The molecule has 0 heterocycles. The lowest BCUT2D eigenvalue weighted by Gasteiger charge is -2.07. The van der Waals surface area contributed by atoms with Crippen molar-refractivity contribution in [2.75, 3.05) is 19.8 Å². The van der Waals surface area contributed by atoms with Crippen molar-refractivity contribution in [3.63, 3.8) is 0 Å². The number of esters is 1. The number of carbonyl (C=O) groups is 2. The van der Waals surface area contributed by atoms with E-state index in [1.54, 1.807) is 31.2 Å². The summed E-state index contributed by atoms with van der Waals surface area (Å²) in [7, 11) is 0. The number of rotatable bonds is 7. The number of benzene rings is 1. The summed E-state index contributed by atoms with van der Waals surface area (Å²) in [6.07, 6.45) is 0.362. The van der Waals surface area contributed by atoms with Crippen LogP contribution in [0.2, 0.25) is 0 Å². The van der Waals surface area contributed by atoms with Crippen molar-refractivity contribution in [3.8, 4) is 5.75 Å². The Bertz CT molecular complexity index is 414. The molecule has 104 valence electrons. The molecule has 1 rings (SSSR count). The summed E-state index contributed by atoms with van der Waals surface area (Å²) in [5.41, 5.74) is 0.589. The van der Waals surface area contributed by atoms with Crippen LogP contribution >= 0.6 is 0 Å². The number of hydrogen-bond acceptors (Lipinski definition) is 4. The first-order valence-corrected chi connectivity index (χ1v) is 6.34. The van der Waals surface area contributed by atoms with Crippen molar-refractivity contribution in [2.45, 2.75) is 20.3 Å². The van der Waals surface area contributed by atoms with E-state index in [4.69, 9.17) is 9.47 Å². The molecule has 0 aliphatic carbocycles. The maximum atomic E-state index is 11.5. The van der Waals surface area contributed by atoms with Crippen LogP contribution in [0.25, 0.3) is 0 Å². The molecule has 19 heavy (non-hydrogen) atoms. The van der Waals surface area contributed by atoms with Crippen molar-refractivity contribution >= 4 is 11.9 Å². The summed E-state index contributed by atoms with van der Waals surface area (Å²) in [5, 5.41) is 2.72. The molecule has 1 aromatic carbocycles. The van der Waals surface area contributed by atoms with Gasteiger partial charge in [-0.25, -0.2) is 0 Å². The van der Waals surface area contributed by atoms with E-state index >= 15 is 0 Å². The van der Waals surface area contributed by atoms with E-state index < -0.39 is 0 Å². The Morgan fingerprint density at radius 3 is 2.37 bits per heavy atom. The zero-order valence-electron chi connectivity index (χ0n) is 11.3. The molecule has 0 fully saturated rings. The second-order valence-corrected chi connectivity index (χ2v) is 3.81. The standard InChI is InChI=1S/C14H19NO4/c1-3-13(16)19-10-9-18-12-7-5-11(6-8-12)14(17)15-4-2/h5-8H,3-4,9-10H2,1-2H3,(H,15,17). The van der Waals surface area contributed by atoms with E-state index in [2.05, 4.69) is 5.32 Å². The third-order valence-electron chi connectivity index (χ3n) is 2.36. The summed E-state index contributed by atoms with van der Waals surface area (Å²) in [4.78, 5) is 22.4. The lowest BCUT2D eigenvalue weighted by atomic mass is 10.2. The smallest absolute Gasteiger partial charge is 0.305 e. The Morgan fingerprint density at radius 1 is 1.11 bits per heavy atom. The van der Waals surface area contributed by atoms with Gasteiger partial charge in [-0.05, 0) is 31.2 Å². The van der Waals surface area contributed by atoms with Crippen molar-refractivity contribution in [1.82, 2.24) is 5.32 Å². The first-order valence-electron chi connectivity index (χ1n) is 6.34. The fourth-order valence-electron chi connectivity index (χ4n) is 1.38. The third-order valence-corrected chi connectivity index (χ3v) is 2.36. The van der Waals surface area contributed by atoms with Crippen LogP contribution in [0.1, 0.15) is 30.6 Å². The molecule has 5 heteroatoms. The Morgan fingerprint density at radius 2 is 1.79 bits per heavy atom. The Labute approximate surface area is 112 Å². The van der Waals surface area contributed by atoms with Crippen LogP contribution in [0.5, 0.6) is 5.75 Å². The molecule has 1 N–H and O–H groups in total. The molecule has 0 radical (unpaired) electrons. The zero-order chi connectivity index (χ0) is 14.1. The molecule has 0 unspecified atom stereocenters. The fourth-order valence-corrected chi connectivity index (χ4v) is 1.38. The molecule has 0 aromatic heterocycles. The zero-order valence-corrected chi connectivity index (χ0v) is 11.3. The highest BCUT2D eigenvalue weighted by Crippen LogP contribution is 2.12. The minimum atomic E-state index is -0.241. The van der Waals surface area contributed by atoms with Gasteiger partial charge in [0.2, 0.25) is 0 Å². The first kappa shape index (κ1) is 15.0. The van der Waals surface area contributed by atoms with Crippen molar-refractivity contribution < 1.29 is 19.1 Å². The largest absolute Gasteiger partial charge is 0.490 e. The number of hydrogen-bond donors (Lipinski definition) is 1. The minimum absolute atomic E-state index is 0.106. The van der Waals surface area contributed by atoms with Gasteiger partial charge in [0.1, 0.15) is 19.0 Å². The molecule has 0 aliphatic heterocycles. The van der Waals surface area contributed by atoms with Gasteiger partial charge in [-0.1, -0.05) is 6.92 Å². The van der Waals surface area contributed by atoms with E-state index in [1.165, 1.54) is 0 Å². The molecular formula is C14H19NO4. The number of ether oxygens (including phenoxy) is 2. The molecule has 0 aliphatic rings. The highest BCUT2D eigenvalue weighted by Gasteiger charge is 2.04. The summed E-state index contributed by atoms with van der Waals surface area (Å²) >= 11 is 0. The highest BCUT2D eigenvalue weighted by molar-refractivity contribution is 5.94. The average Bonchev–Trinajstić information content (AvgIpc) is 2.44. The van der Waals surface area contributed by atoms with Gasteiger partial charge < -0.3 is 14.8 Å². The molecule has 0 saturated heterocycles. The van der Waals surface area contributed by atoms with Crippen molar-refractivity contribution in [2.24, 2.45) is 0 Å². The molecule has 0 saturated carbocycles. The Kier molecular flexibility index (Phi) is 6.43. The van der Waals surface area contributed by atoms with Gasteiger partial charge in [0.05, 0.1) is 0 Å². The van der Waals surface area contributed by atoms with Crippen LogP contribution < -0.4 is 10.1 Å². The predicted octanol–water partition coefficient (Wildman–Crippen LogP) is 1.77. The van der Waals surface area contributed by atoms with Crippen molar-refractivity contribution in [1.29, 1.82) is 0 Å². The molecule has 1 amide bonds. The lowest BCUT2D eigenvalue weighted by molar-refractivity contribution is -0.143. The summed E-state index contributed by atoms with van der Waals surface area (Å²) in [6.45, 7) is 4.73. The fraction of sp³-hybridized carbons (Fsp3) is 0.429. The SMILES string of the molecule is CCNC(=O)c1ccc(OCCOC(=O)CC)cc1. The van der Waals surface area contributed by atoms with Gasteiger partial charge in [-0.15, -0.1) is 0 Å². The Balaban J connectivity index is 2.36. The van der Waals surface area contributed by atoms with Gasteiger partial charge in [-0.2, -0.15) is 0 Å². The monoisotopic (exact) mass is 265 g/mol. The maximum absolute atomic E-state index is 11.5. The van der Waals surface area contributed by atoms with Crippen LogP contribution in [-0.4, -0.2) is 31.6 Å². The van der Waals surface area contributed by atoms with Gasteiger partial charge in [-0.3, -0.25) is 9.59 Å². The van der Waals surface area contributed by atoms with Crippen LogP contribution in [0, 0.1) is 0 Å². The van der Waals surface area contributed by atoms with Crippen LogP contribution in [0.3, 0.4) is 0 Å². The van der Waals surface area contributed by atoms with E-state index in [0.29, 0.717) is 30.9 Å². The minimum Gasteiger partial charge on any atom is -0.490 e. The predicted molar refractivity (Wildman–Crippen MR) is 71.2 cm³/mol. The van der Waals surface area contributed by atoms with Crippen LogP contribution in [0.4, 0.5) is 0 Å². The van der Waals surface area contributed by atoms with Gasteiger partial charge >= 0.3 is 5.97 Å². The number of nitrogens with one attached hydrogen (secondary N) is 1. The first-order chi connectivity index (χ1) is 9.17. The molecule has 0 atom stereocenters. The van der Waals surface area contributed by atoms with E-state index in [0.717, 1.165) is 0 Å². The topological polar surface area (TPSA) is 64.6 Å². The molecule has 0 spiro atoms. The summed E-state index contributed by atoms with van der Waals surface area (Å²) < 4.78 is 10.3. The second kappa shape index (κ2) is 8.13. The molecular weight excluding hydrogens is 246 g/mol. The van der Waals surface area contributed by atoms with Gasteiger partial charge in [0, 0.05) is 18.5 Å². The summed E-state index contributed by atoms with van der Waals surface area (Å²) in [6, 6.07) is 6.81. The van der Waals surface area contributed by atoms with E-state index in [1.807, 2.05) is 6.92 Å². The highest BCUT2D eigenvalue weighted by atomic mass is 16.6. The molecule has 0 bridgehead atoms. The number of carbonyl (C=O) groups excluding carboxylic acids is 2. The third kappa shape index (κ3) is 5.42. The normalized spacial score (nSPS) is 9.79. The molecule has 1 aromatic rings. The van der Waals surface area contributed by atoms with Crippen LogP contribution in [0.15, 0.2) is 24.3 Å². The maximum Gasteiger partial charge on any atom is 0.305 e. The van der Waals surface area contributed by atoms with Gasteiger partial charge in [0.15, 0.2) is 0 Å². The van der Waals surface area contributed by atoms with E-state index in [9.17, 15) is 9.59 Å². The number of amides is 1. The van der Waals surface area contributed by atoms with Gasteiger partial charge in [0.25, 0.3) is 5.91 Å². The van der Waals surface area contributed by atoms with Crippen LogP contribution in [-0.2, 0) is 9.53 Å². The summed E-state index contributed by atoms with van der Waals surface area (Å²) in [5.74, 6) is 0.293. The quantitative estimate of drug-likeness (QED) is 0.603. The lowest BCUT2D eigenvalue weighted by Crippen LogP contribution is -2.22. The Hall–Kier alpha value is -2.04. The van der Waals surface area contributed by atoms with Crippen molar-refractivity contribution in [3.05, 3.63) is 29.8 Å².